The second kappa shape index (κ2) is 6.25. The highest BCUT2D eigenvalue weighted by Gasteiger charge is 2.50. The summed E-state index contributed by atoms with van der Waals surface area (Å²) >= 11 is 0. The molecule has 0 aliphatic heterocycles. The highest BCUT2D eigenvalue weighted by Crippen LogP contribution is 2.59. The molecule has 4 bridgehead atoms. The smallest absolute Gasteiger partial charge is 0.236 e. The fourth-order valence-electron chi connectivity index (χ4n) is 5.49. The van der Waals surface area contributed by atoms with Crippen LogP contribution in [0.4, 0.5) is 0 Å². The lowest BCUT2D eigenvalue weighted by Gasteiger charge is -2.57. The number of carbonyl (C=O) groups is 1. The Balaban J connectivity index is 1.47. The molecule has 4 saturated carbocycles. The van der Waals surface area contributed by atoms with Gasteiger partial charge in [-0.1, -0.05) is 0 Å². The molecular weight excluding hydrogens is 264 g/mol. The number of nitrogens with two attached hydrogens (primary N) is 1. The summed E-state index contributed by atoms with van der Waals surface area (Å²) in [5, 5.41) is 3.16. The van der Waals surface area contributed by atoms with Crippen LogP contribution in [0, 0.1) is 23.2 Å². The van der Waals surface area contributed by atoms with Crippen LogP contribution in [-0.2, 0) is 9.53 Å². The number of methoxy groups -OCH3 is 1. The quantitative estimate of drug-likeness (QED) is 0.707. The molecule has 4 heteroatoms. The summed E-state index contributed by atoms with van der Waals surface area (Å²) in [6.07, 6.45) is 9.90. The van der Waals surface area contributed by atoms with Gasteiger partial charge in [-0.3, -0.25) is 4.79 Å². The van der Waals surface area contributed by atoms with Crippen molar-refractivity contribution >= 4 is 5.91 Å². The van der Waals surface area contributed by atoms with E-state index in [1.54, 1.807) is 7.11 Å². The van der Waals surface area contributed by atoms with Crippen molar-refractivity contribution < 1.29 is 9.53 Å². The van der Waals surface area contributed by atoms with E-state index in [1.165, 1.54) is 38.5 Å². The van der Waals surface area contributed by atoms with E-state index in [0.29, 0.717) is 18.4 Å². The Morgan fingerprint density at radius 2 is 1.81 bits per heavy atom. The summed E-state index contributed by atoms with van der Waals surface area (Å²) < 4.78 is 5.01. The van der Waals surface area contributed by atoms with Gasteiger partial charge in [0.2, 0.25) is 5.91 Å². The van der Waals surface area contributed by atoms with Gasteiger partial charge in [0, 0.05) is 20.3 Å². The Labute approximate surface area is 128 Å². The van der Waals surface area contributed by atoms with Crippen molar-refractivity contribution in [2.24, 2.45) is 28.9 Å². The molecule has 0 aromatic rings. The highest BCUT2D eigenvalue weighted by molar-refractivity contribution is 5.81. The largest absolute Gasteiger partial charge is 0.385 e. The summed E-state index contributed by atoms with van der Waals surface area (Å²) in [5.74, 6) is 2.83. The first kappa shape index (κ1) is 15.3. The van der Waals surface area contributed by atoms with E-state index in [9.17, 15) is 4.79 Å². The van der Waals surface area contributed by atoms with Crippen molar-refractivity contribution in [1.29, 1.82) is 0 Å². The number of carbonyl (C=O) groups excluding carboxylic acids is 1. The van der Waals surface area contributed by atoms with Crippen LogP contribution in [0.5, 0.6) is 0 Å². The average molecular weight is 294 g/mol. The van der Waals surface area contributed by atoms with Gasteiger partial charge in [-0.05, 0) is 74.5 Å². The Kier molecular flexibility index (Phi) is 4.55. The molecule has 120 valence electrons. The lowest BCUT2D eigenvalue weighted by atomic mass is 9.49. The molecule has 4 fully saturated rings. The number of nitrogens with one attached hydrogen (secondary N) is 1. The standard InChI is InChI=1S/C17H30N2O2/c1-21-4-2-3-15(18)16(20)19-11-17-8-12-5-13(9-17)7-14(6-12)10-17/h12-15H,2-11,18H2,1H3,(H,19,20). The van der Waals surface area contributed by atoms with E-state index in [-0.39, 0.29) is 11.9 Å². The number of hydrogen-bond acceptors (Lipinski definition) is 3. The SMILES string of the molecule is COCCCC(N)C(=O)NCC12CC3CC(CC(C3)C1)C2. The van der Waals surface area contributed by atoms with Gasteiger partial charge in [0.05, 0.1) is 6.04 Å². The third-order valence-electron chi connectivity index (χ3n) is 6.00. The van der Waals surface area contributed by atoms with Gasteiger partial charge in [-0.15, -0.1) is 0 Å². The molecule has 0 heterocycles. The Morgan fingerprint density at radius 1 is 1.24 bits per heavy atom. The van der Waals surface area contributed by atoms with Crippen molar-refractivity contribution in [1.82, 2.24) is 5.32 Å². The lowest BCUT2D eigenvalue weighted by Crippen LogP contribution is -2.53. The molecule has 0 aromatic carbocycles. The predicted octanol–water partition coefficient (Wildman–Crippen LogP) is 2.07. The molecule has 0 saturated heterocycles. The maximum absolute atomic E-state index is 12.2. The first-order valence-corrected chi connectivity index (χ1v) is 8.62. The molecule has 4 aliphatic rings. The molecule has 4 nitrogen and oxygen atoms in total. The normalized spacial score (nSPS) is 38.5. The van der Waals surface area contributed by atoms with Crippen molar-refractivity contribution in [3.63, 3.8) is 0 Å². The van der Waals surface area contributed by atoms with Gasteiger partial charge < -0.3 is 15.8 Å². The fraction of sp³-hybridized carbons (Fsp3) is 0.941. The van der Waals surface area contributed by atoms with E-state index in [4.69, 9.17) is 10.5 Å². The van der Waals surface area contributed by atoms with Crippen LogP contribution in [-0.4, -0.2) is 32.2 Å². The molecule has 3 N–H and O–H groups in total. The molecule has 1 atom stereocenters. The minimum Gasteiger partial charge on any atom is -0.385 e. The monoisotopic (exact) mass is 294 g/mol. The molecule has 21 heavy (non-hydrogen) atoms. The second-order valence-corrected chi connectivity index (χ2v) is 7.88. The summed E-state index contributed by atoms with van der Waals surface area (Å²) in [4.78, 5) is 12.2. The maximum atomic E-state index is 12.2. The Morgan fingerprint density at radius 3 is 2.33 bits per heavy atom. The third-order valence-corrected chi connectivity index (χ3v) is 6.00. The molecule has 4 rings (SSSR count). The zero-order valence-electron chi connectivity index (χ0n) is 13.3. The van der Waals surface area contributed by atoms with Crippen molar-refractivity contribution in [2.75, 3.05) is 20.3 Å². The van der Waals surface area contributed by atoms with Crippen molar-refractivity contribution in [3.05, 3.63) is 0 Å². The zero-order valence-corrected chi connectivity index (χ0v) is 13.3. The number of rotatable bonds is 7. The number of ether oxygens (including phenoxy) is 1. The van der Waals surface area contributed by atoms with Crippen LogP contribution in [0.2, 0.25) is 0 Å². The van der Waals surface area contributed by atoms with Gasteiger partial charge >= 0.3 is 0 Å². The van der Waals surface area contributed by atoms with Crippen LogP contribution in [0.15, 0.2) is 0 Å². The second-order valence-electron chi connectivity index (χ2n) is 7.88. The minimum absolute atomic E-state index is 0.0295. The first-order chi connectivity index (χ1) is 10.1. The van der Waals surface area contributed by atoms with Gasteiger partial charge in [-0.2, -0.15) is 0 Å². The van der Waals surface area contributed by atoms with Crippen LogP contribution in [0.25, 0.3) is 0 Å². The lowest BCUT2D eigenvalue weighted by molar-refractivity contribution is -0.124. The van der Waals surface area contributed by atoms with Crippen molar-refractivity contribution in [2.45, 2.75) is 57.4 Å². The number of amides is 1. The maximum Gasteiger partial charge on any atom is 0.236 e. The van der Waals surface area contributed by atoms with Gasteiger partial charge in [0.15, 0.2) is 0 Å². The van der Waals surface area contributed by atoms with Crippen molar-refractivity contribution in [3.8, 4) is 0 Å². The van der Waals surface area contributed by atoms with Gasteiger partial charge in [0.25, 0.3) is 0 Å². The van der Waals surface area contributed by atoms with Crippen LogP contribution < -0.4 is 11.1 Å². The molecule has 1 unspecified atom stereocenters. The van der Waals surface area contributed by atoms with E-state index in [1.807, 2.05) is 0 Å². The van der Waals surface area contributed by atoms with Gasteiger partial charge in [0.1, 0.15) is 0 Å². The Hall–Kier alpha value is -0.610. The fourth-order valence-corrected chi connectivity index (χ4v) is 5.49. The topological polar surface area (TPSA) is 64.3 Å². The molecule has 1 amide bonds. The van der Waals surface area contributed by atoms with Crippen LogP contribution >= 0.6 is 0 Å². The zero-order chi connectivity index (χ0) is 14.9. The van der Waals surface area contributed by atoms with Crippen LogP contribution in [0.3, 0.4) is 0 Å². The van der Waals surface area contributed by atoms with E-state index in [2.05, 4.69) is 5.32 Å². The summed E-state index contributed by atoms with van der Waals surface area (Å²) in [7, 11) is 1.68. The summed E-state index contributed by atoms with van der Waals surface area (Å²) in [5.41, 5.74) is 6.37. The molecule has 0 spiro atoms. The first-order valence-electron chi connectivity index (χ1n) is 8.62. The van der Waals surface area contributed by atoms with Crippen LogP contribution in [0.1, 0.15) is 51.4 Å². The number of hydrogen-bond donors (Lipinski definition) is 2. The predicted molar refractivity (Wildman–Crippen MR) is 82.7 cm³/mol. The van der Waals surface area contributed by atoms with E-state index >= 15 is 0 Å². The minimum atomic E-state index is -0.380. The van der Waals surface area contributed by atoms with E-state index in [0.717, 1.165) is 30.7 Å². The molecule has 0 radical (unpaired) electrons. The molecule has 4 aliphatic carbocycles. The summed E-state index contributed by atoms with van der Waals surface area (Å²) in [6, 6.07) is -0.380. The summed E-state index contributed by atoms with van der Waals surface area (Å²) in [6.45, 7) is 1.53. The van der Waals surface area contributed by atoms with E-state index < -0.39 is 0 Å². The molecule has 0 aromatic heterocycles. The average Bonchev–Trinajstić information content (AvgIpc) is 2.43. The highest BCUT2D eigenvalue weighted by atomic mass is 16.5. The van der Waals surface area contributed by atoms with Gasteiger partial charge in [-0.25, -0.2) is 0 Å². The third kappa shape index (κ3) is 3.42. The Bertz CT molecular complexity index is 348. The molecular formula is C17H30N2O2.